The molecule has 1 aliphatic rings. The second-order valence-electron chi connectivity index (χ2n) is 3.96. The molecule has 3 atom stereocenters. The van der Waals surface area contributed by atoms with Gasteiger partial charge in [-0.3, -0.25) is 0 Å². The van der Waals surface area contributed by atoms with Crippen LogP contribution in [-0.4, -0.2) is 42.3 Å². The maximum absolute atomic E-state index is 11.8. The molecule has 0 spiro atoms. The van der Waals surface area contributed by atoms with Gasteiger partial charge in [0.1, 0.15) is 0 Å². The summed E-state index contributed by atoms with van der Waals surface area (Å²) in [6.45, 7) is 3.77. The van der Waals surface area contributed by atoms with E-state index in [-0.39, 0.29) is 5.92 Å². The number of sulfonamides is 1. The number of hydrogen-bond donors (Lipinski definition) is 1. The summed E-state index contributed by atoms with van der Waals surface area (Å²) in [7, 11) is -3.49. The van der Waals surface area contributed by atoms with E-state index in [0.29, 0.717) is 19.5 Å². The number of nitrogens with zero attached hydrogens (tertiary/aromatic N) is 2. The normalized spacial score (nSPS) is 27.2. The van der Waals surface area contributed by atoms with Crippen molar-refractivity contribution >= 4 is 10.0 Å². The van der Waals surface area contributed by atoms with Crippen molar-refractivity contribution in [2.45, 2.75) is 31.6 Å². The van der Waals surface area contributed by atoms with Crippen LogP contribution in [-0.2, 0) is 10.0 Å². The summed E-state index contributed by atoms with van der Waals surface area (Å²) in [6, 6.07) is 1.73. The quantitative estimate of drug-likeness (QED) is 0.738. The molecule has 0 aromatic rings. The van der Waals surface area contributed by atoms with Gasteiger partial charge in [0.15, 0.2) is 5.25 Å². The lowest BCUT2D eigenvalue weighted by Crippen LogP contribution is -2.36. The fourth-order valence-electron chi connectivity index (χ4n) is 1.67. The minimum atomic E-state index is -3.49. The molecule has 3 unspecified atom stereocenters. The van der Waals surface area contributed by atoms with E-state index in [1.165, 1.54) is 11.2 Å². The van der Waals surface area contributed by atoms with Crippen molar-refractivity contribution < 1.29 is 13.5 Å². The van der Waals surface area contributed by atoms with Gasteiger partial charge in [0.05, 0.1) is 12.2 Å². The molecule has 6 heteroatoms. The predicted molar refractivity (Wildman–Crippen MR) is 55.4 cm³/mol. The van der Waals surface area contributed by atoms with E-state index in [4.69, 9.17) is 5.26 Å². The van der Waals surface area contributed by atoms with Gasteiger partial charge >= 0.3 is 0 Å². The molecule has 1 aliphatic heterocycles. The molecule has 0 aliphatic carbocycles. The highest BCUT2D eigenvalue weighted by Gasteiger charge is 2.36. The fourth-order valence-corrected chi connectivity index (χ4v) is 3.01. The largest absolute Gasteiger partial charge is 0.393 e. The maximum Gasteiger partial charge on any atom is 0.230 e. The first-order chi connectivity index (χ1) is 6.89. The first kappa shape index (κ1) is 12.4. The van der Waals surface area contributed by atoms with Crippen LogP contribution in [0.25, 0.3) is 0 Å². The van der Waals surface area contributed by atoms with E-state index in [1.807, 2.05) is 0 Å². The zero-order chi connectivity index (χ0) is 11.6. The summed E-state index contributed by atoms with van der Waals surface area (Å²) < 4.78 is 24.8. The highest BCUT2D eigenvalue weighted by Crippen LogP contribution is 2.23. The van der Waals surface area contributed by atoms with Crippen LogP contribution in [0.3, 0.4) is 0 Å². The molecule has 0 radical (unpaired) electrons. The van der Waals surface area contributed by atoms with E-state index in [0.717, 1.165) is 0 Å². The molecular weight excluding hydrogens is 216 g/mol. The summed E-state index contributed by atoms with van der Waals surface area (Å²) in [5.41, 5.74) is 0. The van der Waals surface area contributed by atoms with Gasteiger partial charge in [0, 0.05) is 13.1 Å². The molecule has 1 N–H and O–H groups in total. The Morgan fingerprint density at radius 3 is 2.53 bits per heavy atom. The molecule has 1 rings (SSSR count). The molecule has 0 bridgehead atoms. The van der Waals surface area contributed by atoms with Gasteiger partial charge in [0.25, 0.3) is 0 Å². The minimum absolute atomic E-state index is 0.00864. The lowest BCUT2D eigenvalue weighted by Gasteiger charge is -2.18. The Morgan fingerprint density at radius 1 is 1.53 bits per heavy atom. The lowest BCUT2D eigenvalue weighted by molar-refractivity contribution is 0.133. The van der Waals surface area contributed by atoms with E-state index >= 15 is 0 Å². The molecule has 5 nitrogen and oxygen atoms in total. The van der Waals surface area contributed by atoms with Crippen LogP contribution in [0.15, 0.2) is 0 Å². The highest BCUT2D eigenvalue weighted by atomic mass is 32.2. The van der Waals surface area contributed by atoms with Crippen LogP contribution in [0.1, 0.15) is 20.3 Å². The van der Waals surface area contributed by atoms with Gasteiger partial charge in [-0.1, -0.05) is 0 Å². The lowest BCUT2D eigenvalue weighted by atomic mass is 10.0. The minimum Gasteiger partial charge on any atom is -0.393 e. The topological polar surface area (TPSA) is 81.4 Å². The van der Waals surface area contributed by atoms with Crippen LogP contribution in [0.2, 0.25) is 0 Å². The van der Waals surface area contributed by atoms with Crippen molar-refractivity contribution in [3.8, 4) is 6.07 Å². The van der Waals surface area contributed by atoms with E-state index in [1.54, 1.807) is 13.0 Å². The van der Waals surface area contributed by atoms with E-state index < -0.39 is 21.4 Å². The third kappa shape index (κ3) is 2.48. The van der Waals surface area contributed by atoms with Gasteiger partial charge in [0.2, 0.25) is 10.0 Å². The Labute approximate surface area is 90.4 Å². The summed E-state index contributed by atoms with van der Waals surface area (Å²) in [4.78, 5) is 0. The molecule has 1 heterocycles. The average Bonchev–Trinajstić information content (AvgIpc) is 2.65. The summed E-state index contributed by atoms with van der Waals surface area (Å²) in [5.74, 6) is -0.00864. The van der Waals surface area contributed by atoms with Crippen molar-refractivity contribution in [2.24, 2.45) is 5.92 Å². The van der Waals surface area contributed by atoms with Crippen molar-refractivity contribution in [3.05, 3.63) is 0 Å². The first-order valence-corrected chi connectivity index (χ1v) is 6.46. The second-order valence-corrected chi connectivity index (χ2v) is 6.22. The van der Waals surface area contributed by atoms with Gasteiger partial charge < -0.3 is 5.11 Å². The molecule has 15 heavy (non-hydrogen) atoms. The van der Waals surface area contributed by atoms with Gasteiger partial charge in [-0.05, 0) is 26.2 Å². The van der Waals surface area contributed by atoms with Gasteiger partial charge in [-0.2, -0.15) is 5.26 Å². The first-order valence-electron chi connectivity index (χ1n) is 4.96. The second kappa shape index (κ2) is 4.47. The zero-order valence-electron chi connectivity index (χ0n) is 8.92. The number of hydrogen-bond acceptors (Lipinski definition) is 4. The monoisotopic (exact) mass is 232 g/mol. The molecule has 86 valence electrons. The van der Waals surface area contributed by atoms with Gasteiger partial charge in [-0.15, -0.1) is 0 Å². The standard InChI is InChI=1S/C9H16N2O3S/c1-7(5-10)15(13,14)11-4-3-9(6-11)8(2)12/h7-9,12H,3-4,6H2,1-2H3. The third-order valence-corrected chi connectivity index (χ3v) is 4.91. The number of aliphatic hydroxyl groups is 1. The Balaban J connectivity index is 2.74. The van der Waals surface area contributed by atoms with E-state index in [2.05, 4.69) is 0 Å². The van der Waals surface area contributed by atoms with Crippen molar-refractivity contribution in [1.29, 1.82) is 5.26 Å². The Morgan fingerprint density at radius 2 is 2.13 bits per heavy atom. The van der Waals surface area contributed by atoms with E-state index in [9.17, 15) is 13.5 Å². The van der Waals surface area contributed by atoms with Crippen LogP contribution in [0.4, 0.5) is 0 Å². The maximum atomic E-state index is 11.8. The summed E-state index contributed by atoms with van der Waals surface area (Å²) >= 11 is 0. The molecular formula is C9H16N2O3S. The highest BCUT2D eigenvalue weighted by molar-refractivity contribution is 7.89. The van der Waals surface area contributed by atoms with Gasteiger partial charge in [-0.25, -0.2) is 12.7 Å². The molecule has 1 fully saturated rings. The van der Waals surface area contributed by atoms with Crippen LogP contribution >= 0.6 is 0 Å². The molecule has 1 saturated heterocycles. The number of nitriles is 1. The number of rotatable bonds is 3. The van der Waals surface area contributed by atoms with Crippen molar-refractivity contribution in [2.75, 3.05) is 13.1 Å². The average molecular weight is 232 g/mol. The fraction of sp³-hybridized carbons (Fsp3) is 0.889. The smallest absolute Gasteiger partial charge is 0.230 e. The molecule has 0 saturated carbocycles. The van der Waals surface area contributed by atoms with Crippen LogP contribution in [0.5, 0.6) is 0 Å². The van der Waals surface area contributed by atoms with Crippen molar-refractivity contribution in [1.82, 2.24) is 4.31 Å². The van der Waals surface area contributed by atoms with Crippen LogP contribution < -0.4 is 0 Å². The Bertz CT molecular complexity index is 358. The molecule has 0 amide bonds. The Hall–Kier alpha value is -0.640. The predicted octanol–water partition coefficient (Wildman–Crippen LogP) is -0.0690. The molecule has 0 aromatic carbocycles. The SMILES string of the molecule is CC(O)C1CCN(S(=O)(=O)C(C)C#N)C1. The molecule has 0 aromatic heterocycles. The third-order valence-electron chi connectivity index (χ3n) is 2.86. The van der Waals surface area contributed by atoms with Crippen molar-refractivity contribution in [3.63, 3.8) is 0 Å². The number of aliphatic hydroxyl groups excluding tert-OH is 1. The summed E-state index contributed by atoms with van der Waals surface area (Å²) in [5, 5.41) is 16.9. The summed E-state index contributed by atoms with van der Waals surface area (Å²) in [6.07, 6.45) is 0.164. The zero-order valence-corrected chi connectivity index (χ0v) is 9.74. The van der Waals surface area contributed by atoms with Crippen LogP contribution in [0, 0.1) is 17.2 Å². The Kier molecular flexibility index (Phi) is 3.71.